The van der Waals surface area contributed by atoms with E-state index in [-0.39, 0.29) is 5.91 Å². The highest BCUT2D eigenvalue weighted by atomic mass is 16.1. The van der Waals surface area contributed by atoms with Crippen molar-refractivity contribution in [3.8, 4) is 0 Å². The first-order valence-corrected chi connectivity index (χ1v) is 7.41. The molecule has 0 fully saturated rings. The molecule has 1 amide bonds. The molecule has 0 aromatic carbocycles. The predicted molar refractivity (Wildman–Crippen MR) is 79.9 cm³/mol. The Balaban J connectivity index is 2.29. The summed E-state index contributed by atoms with van der Waals surface area (Å²) in [5, 5.41) is 2.91. The van der Waals surface area contributed by atoms with Gasteiger partial charge in [0.05, 0.1) is 12.2 Å². The number of rotatable bonds is 9. The van der Waals surface area contributed by atoms with Crippen LogP contribution in [0.3, 0.4) is 0 Å². The van der Waals surface area contributed by atoms with Crippen LogP contribution < -0.4 is 11.1 Å². The van der Waals surface area contributed by atoms with Gasteiger partial charge in [0.1, 0.15) is 5.82 Å². The van der Waals surface area contributed by atoms with Crippen LogP contribution in [0.25, 0.3) is 0 Å². The van der Waals surface area contributed by atoms with E-state index in [1.165, 1.54) is 0 Å². The zero-order valence-corrected chi connectivity index (χ0v) is 12.6. The Morgan fingerprint density at radius 3 is 2.85 bits per heavy atom. The molecule has 20 heavy (non-hydrogen) atoms. The lowest BCUT2D eigenvalue weighted by atomic mass is 9.94. The highest BCUT2D eigenvalue weighted by molar-refractivity contribution is 5.75. The third kappa shape index (κ3) is 6.61. The molecule has 0 aliphatic rings. The Bertz CT molecular complexity index is 403. The van der Waals surface area contributed by atoms with Crippen molar-refractivity contribution in [3.05, 3.63) is 23.8 Å². The summed E-state index contributed by atoms with van der Waals surface area (Å²) in [4.78, 5) is 20.1. The molecule has 0 aliphatic heterocycles. The topological polar surface area (TPSA) is 80.9 Å². The number of aryl methyl sites for hydroxylation is 1. The van der Waals surface area contributed by atoms with Crippen molar-refractivity contribution in [1.29, 1.82) is 0 Å². The van der Waals surface area contributed by atoms with Crippen molar-refractivity contribution in [3.63, 3.8) is 0 Å². The van der Waals surface area contributed by atoms with Crippen LogP contribution >= 0.6 is 0 Å². The molecule has 1 unspecified atom stereocenters. The van der Waals surface area contributed by atoms with E-state index in [9.17, 15) is 4.79 Å². The summed E-state index contributed by atoms with van der Waals surface area (Å²) in [6.45, 7) is 5.18. The Kier molecular flexibility index (Phi) is 7.80. The van der Waals surface area contributed by atoms with E-state index >= 15 is 0 Å². The molecule has 5 heteroatoms. The van der Waals surface area contributed by atoms with E-state index in [1.807, 2.05) is 13.0 Å². The van der Waals surface area contributed by atoms with Gasteiger partial charge in [-0.05, 0) is 38.3 Å². The Morgan fingerprint density at radius 2 is 2.20 bits per heavy atom. The van der Waals surface area contributed by atoms with E-state index < -0.39 is 0 Å². The summed E-state index contributed by atoms with van der Waals surface area (Å²) in [5.41, 5.74) is 6.45. The average molecular weight is 278 g/mol. The smallest absolute Gasteiger partial charge is 0.220 e. The minimum Gasteiger partial charge on any atom is -0.350 e. The molecule has 0 radical (unpaired) electrons. The Labute approximate surface area is 121 Å². The molecule has 5 nitrogen and oxygen atoms in total. The molecule has 3 N–H and O–H groups in total. The molecule has 0 bridgehead atoms. The number of hydrogen-bond donors (Lipinski definition) is 2. The van der Waals surface area contributed by atoms with Gasteiger partial charge in [0.25, 0.3) is 0 Å². The lowest BCUT2D eigenvalue weighted by Crippen LogP contribution is -2.24. The van der Waals surface area contributed by atoms with Gasteiger partial charge in [0, 0.05) is 12.6 Å². The second-order valence-electron chi connectivity index (χ2n) is 5.14. The average Bonchev–Trinajstić information content (AvgIpc) is 2.43. The van der Waals surface area contributed by atoms with Crippen molar-refractivity contribution in [2.45, 2.75) is 52.5 Å². The first-order chi connectivity index (χ1) is 9.65. The van der Waals surface area contributed by atoms with Gasteiger partial charge in [-0.25, -0.2) is 9.97 Å². The number of nitrogens with two attached hydrogens (primary N) is 1. The van der Waals surface area contributed by atoms with E-state index in [4.69, 9.17) is 5.73 Å². The van der Waals surface area contributed by atoms with Crippen LogP contribution in [0.4, 0.5) is 0 Å². The van der Waals surface area contributed by atoms with Gasteiger partial charge in [-0.15, -0.1) is 0 Å². The number of carbonyl (C=O) groups is 1. The minimum atomic E-state index is 0.0828. The third-order valence-corrected chi connectivity index (χ3v) is 3.35. The van der Waals surface area contributed by atoms with Crippen LogP contribution in [0.2, 0.25) is 0 Å². The predicted octanol–water partition coefficient (Wildman–Crippen LogP) is 1.95. The number of aromatic nitrogens is 2. The molecule has 1 aromatic heterocycles. The molecule has 1 atom stereocenters. The van der Waals surface area contributed by atoms with Crippen molar-refractivity contribution in [2.75, 3.05) is 6.54 Å². The van der Waals surface area contributed by atoms with Gasteiger partial charge in [0.2, 0.25) is 5.91 Å². The highest BCUT2D eigenvalue weighted by Crippen LogP contribution is 2.16. The fourth-order valence-electron chi connectivity index (χ4n) is 2.29. The maximum Gasteiger partial charge on any atom is 0.220 e. The van der Waals surface area contributed by atoms with Gasteiger partial charge < -0.3 is 11.1 Å². The molecule has 0 spiro atoms. The van der Waals surface area contributed by atoms with Gasteiger partial charge in [-0.1, -0.05) is 19.8 Å². The molecule has 1 rings (SSSR count). The van der Waals surface area contributed by atoms with E-state index in [0.717, 1.165) is 37.2 Å². The van der Waals surface area contributed by atoms with Crippen LogP contribution in [0.1, 0.15) is 50.5 Å². The molecular weight excluding hydrogens is 252 g/mol. The van der Waals surface area contributed by atoms with E-state index in [1.54, 1.807) is 6.20 Å². The normalized spacial score (nSPS) is 12.2. The largest absolute Gasteiger partial charge is 0.350 e. The van der Waals surface area contributed by atoms with Gasteiger partial charge in [-0.3, -0.25) is 4.79 Å². The van der Waals surface area contributed by atoms with Crippen LogP contribution in [0.15, 0.2) is 12.3 Å². The summed E-state index contributed by atoms with van der Waals surface area (Å²) in [5.74, 6) is 1.37. The third-order valence-electron chi connectivity index (χ3n) is 3.35. The van der Waals surface area contributed by atoms with Crippen molar-refractivity contribution < 1.29 is 4.79 Å². The fourth-order valence-corrected chi connectivity index (χ4v) is 2.29. The molecule has 112 valence electrons. The lowest BCUT2D eigenvalue weighted by molar-refractivity contribution is -0.121. The summed E-state index contributed by atoms with van der Waals surface area (Å²) < 4.78 is 0. The molecule has 0 saturated heterocycles. The van der Waals surface area contributed by atoms with Crippen LogP contribution in [-0.4, -0.2) is 22.4 Å². The first-order valence-electron chi connectivity index (χ1n) is 7.41. The molecule has 0 aliphatic carbocycles. The molecular formula is C15H26N4O. The molecule has 1 heterocycles. The van der Waals surface area contributed by atoms with Crippen LogP contribution in [0.5, 0.6) is 0 Å². The maximum atomic E-state index is 11.8. The Hall–Kier alpha value is -1.49. The number of nitrogens with one attached hydrogen (secondary N) is 1. The second kappa shape index (κ2) is 9.42. The number of amides is 1. The summed E-state index contributed by atoms with van der Waals surface area (Å²) >= 11 is 0. The number of hydrogen-bond acceptors (Lipinski definition) is 4. The zero-order chi connectivity index (χ0) is 14.8. The van der Waals surface area contributed by atoms with Gasteiger partial charge in [-0.2, -0.15) is 0 Å². The van der Waals surface area contributed by atoms with E-state index in [0.29, 0.717) is 25.4 Å². The van der Waals surface area contributed by atoms with Crippen molar-refractivity contribution in [1.82, 2.24) is 15.3 Å². The fraction of sp³-hybridized carbons (Fsp3) is 0.667. The quantitative estimate of drug-likeness (QED) is 0.723. The summed E-state index contributed by atoms with van der Waals surface area (Å²) in [6, 6.07) is 1.82. The Morgan fingerprint density at radius 1 is 1.40 bits per heavy atom. The summed E-state index contributed by atoms with van der Waals surface area (Å²) in [7, 11) is 0. The number of carbonyl (C=O) groups excluding carboxylic acids is 1. The second-order valence-corrected chi connectivity index (χ2v) is 5.14. The van der Waals surface area contributed by atoms with Gasteiger partial charge >= 0.3 is 0 Å². The number of nitrogens with zero attached hydrogens (tertiary/aromatic N) is 2. The SMILES string of the molecule is CCCC(CCN)CCC(=O)NCc1ccnc(C)n1. The monoisotopic (exact) mass is 278 g/mol. The van der Waals surface area contributed by atoms with Crippen LogP contribution in [0, 0.1) is 12.8 Å². The molecule has 1 aromatic rings. The van der Waals surface area contributed by atoms with Crippen molar-refractivity contribution >= 4 is 5.91 Å². The van der Waals surface area contributed by atoms with Crippen molar-refractivity contribution in [2.24, 2.45) is 11.7 Å². The standard InChI is InChI=1S/C15H26N4O/c1-3-4-13(7-9-16)5-6-15(20)18-11-14-8-10-17-12(2)19-14/h8,10,13H,3-7,9,11,16H2,1-2H3,(H,18,20). The first kappa shape index (κ1) is 16.6. The highest BCUT2D eigenvalue weighted by Gasteiger charge is 2.10. The maximum absolute atomic E-state index is 11.8. The van der Waals surface area contributed by atoms with E-state index in [2.05, 4.69) is 22.2 Å². The lowest BCUT2D eigenvalue weighted by Gasteiger charge is -2.14. The zero-order valence-electron chi connectivity index (χ0n) is 12.6. The van der Waals surface area contributed by atoms with Crippen LogP contribution in [-0.2, 0) is 11.3 Å². The minimum absolute atomic E-state index is 0.0828. The van der Waals surface area contributed by atoms with Gasteiger partial charge in [0.15, 0.2) is 0 Å². The summed E-state index contributed by atoms with van der Waals surface area (Å²) in [6.07, 6.45) is 6.49. The molecule has 0 saturated carbocycles.